The lowest BCUT2D eigenvalue weighted by Gasteiger charge is -2.22. The fourth-order valence-corrected chi connectivity index (χ4v) is 3.16. The van der Waals surface area contributed by atoms with Gasteiger partial charge in [0.1, 0.15) is 5.54 Å². The van der Waals surface area contributed by atoms with E-state index in [4.69, 9.17) is 4.74 Å². The second-order valence-corrected chi connectivity index (χ2v) is 6.62. The van der Waals surface area contributed by atoms with E-state index in [1.54, 1.807) is 0 Å². The molecule has 2 unspecified atom stereocenters. The van der Waals surface area contributed by atoms with Crippen molar-refractivity contribution in [2.45, 2.75) is 95.2 Å². The lowest BCUT2D eigenvalue weighted by Crippen LogP contribution is -2.43. The molecule has 0 spiro atoms. The van der Waals surface area contributed by atoms with Crippen molar-refractivity contribution in [2.75, 3.05) is 6.61 Å². The highest BCUT2D eigenvalue weighted by molar-refractivity contribution is 5.14. The normalized spacial score (nSPS) is 29.5. The largest absolute Gasteiger partial charge is 0.378 e. The molecule has 0 heterocycles. The molecule has 2 fully saturated rings. The van der Waals surface area contributed by atoms with Gasteiger partial charge < -0.3 is 4.74 Å². The molecule has 20 heavy (non-hydrogen) atoms. The third kappa shape index (κ3) is 5.07. The van der Waals surface area contributed by atoms with Crippen molar-refractivity contribution in [2.24, 2.45) is 0 Å². The van der Waals surface area contributed by atoms with E-state index in [1.807, 2.05) is 0 Å². The minimum atomic E-state index is -0.285. The first kappa shape index (κ1) is 15.8. The van der Waals surface area contributed by atoms with Gasteiger partial charge >= 0.3 is 0 Å². The van der Waals surface area contributed by atoms with E-state index in [2.05, 4.69) is 18.3 Å². The zero-order valence-electron chi connectivity index (χ0n) is 13.0. The van der Waals surface area contributed by atoms with E-state index >= 15 is 0 Å². The second-order valence-electron chi connectivity index (χ2n) is 6.62. The molecule has 2 saturated carbocycles. The Hall–Kier alpha value is -0.590. The molecule has 1 N–H and O–H groups in total. The van der Waals surface area contributed by atoms with Gasteiger partial charge in [-0.1, -0.05) is 39.0 Å². The molecule has 0 aromatic rings. The number of nitrogens with one attached hydrogen (secondary N) is 1. The summed E-state index contributed by atoms with van der Waals surface area (Å²) in [4.78, 5) is 0. The molecule has 114 valence electrons. The molecule has 2 rings (SSSR count). The van der Waals surface area contributed by atoms with E-state index in [0.29, 0.717) is 12.1 Å². The van der Waals surface area contributed by atoms with Gasteiger partial charge in [0.2, 0.25) is 0 Å². The van der Waals surface area contributed by atoms with Crippen molar-refractivity contribution in [3.05, 3.63) is 0 Å². The van der Waals surface area contributed by atoms with Crippen LogP contribution in [0.2, 0.25) is 0 Å². The predicted octanol–water partition coefficient (Wildman–Crippen LogP) is 3.93. The van der Waals surface area contributed by atoms with E-state index in [0.717, 1.165) is 25.9 Å². The van der Waals surface area contributed by atoms with Gasteiger partial charge in [0.15, 0.2) is 0 Å². The molecule has 0 bridgehead atoms. The van der Waals surface area contributed by atoms with Crippen LogP contribution in [0.4, 0.5) is 0 Å². The smallest absolute Gasteiger partial charge is 0.109 e. The Labute approximate surface area is 124 Å². The monoisotopic (exact) mass is 278 g/mol. The van der Waals surface area contributed by atoms with Crippen LogP contribution in [0.5, 0.6) is 0 Å². The Balaban J connectivity index is 1.55. The summed E-state index contributed by atoms with van der Waals surface area (Å²) in [6, 6.07) is 3.12. The molecule has 2 aliphatic rings. The highest BCUT2D eigenvalue weighted by Gasteiger charge is 2.43. The van der Waals surface area contributed by atoms with Crippen molar-refractivity contribution >= 4 is 0 Å². The van der Waals surface area contributed by atoms with Crippen molar-refractivity contribution < 1.29 is 4.74 Å². The van der Waals surface area contributed by atoms with E-state index in [-0.39, 0.29) is 5.54 Å². The molecular weight excluding hydrogens is 248 g/mol. The van der Waals surface area contributed by atoms with Gasteiger partial charge in [-0.05, 0) is 32.1 Å². The van der Waals surface area contributed by atoms with Crippen LogP contribution in [-0.2, 0) is 4.74 Å². The number of rotatable bonds is 10. The summed E-state index contributed by atoms with van der Waals surface area (Å²) in [5.41, 5.74) is -0.285. The zero-order valence-corrected chi connectivity index (χ0v) is 13.0. The Morgan fingerprint density at radius 2 is 1.90 bits per heavy atom. The Morgan fingerprint density at radius 3 is 2.60 bits per heavy atom. The van der Waals surface area contributed by atoms with Gasteiger partial charge in [-0.15, -0.1) is 0 Å². The van der Waals surface area contributed by atoms with Gasteiger partial charge in [-0.2, -0.15) is 5.26 Å². The van der Waals surface area contributed by atoms with Crippen LogP contribution < -0.4 is 5.32 Å². The lowest BCUT2D eigenvalue weighted by atomic mass is 9.99. The molecule has 0 saturated heterocycles. The lowest BCUT2D eigenvalue weighted by molar-refractivity contribution is 0.0519. The molecule has 2 atom stereocenters. The Kier molecular flexibility index (Phi) is 6.32. The molecular formula is C17H30N2O. The summed E-state index contributed by atoms with van der Waals surface area (Å²) in [5, 5.41) is 13.0. The van der Waals surface area contributed by atoms with Crippen LogP contribution in [-0.4, -0.2) is 24.3 Å². The van der Waals surface area contributed by atoms with E-state index in [9.17, 15) is 5.26 Å². The standard InChI is InChI=1S/C17H30N2O/c1-2-3-4-5-6-7-12-20-16-10-11-17(13-16,14-18)19-15-8-9-15/h15-16,19H,2-13H2,1H3. The maximum Gasteiger partial charge on any atom is 0.109 e. The number of ether oxygens (including phenoxy) is 1. The summed E-state index contributed by atoms with van der Waals surface area (Å²) >= 11 is 0. The third-order valence-electron chi connectivity index (χ3n) is 4.59. The number of hydrogen-bond donors (Lipinski definition) is 1. The van der Waals surface area contributed by atoms with Crippen molar-refractivity contribution in [1.29, 1.82) is 5.26 Å². The molecule has 0 aromatic heterocycles. The summed E-state index contributed by atoms with van der Waals surface area (Å²) in [5.74, 6) is 0. The van der Waals surface area contributed by atoms with E-state index < -0.39 is 0 Å². The van der Waals surface area contributed by atoms with Gasteiger partial charge in [0, 0.05) is 19.1 Å². The van der Waals surface area contributed by atoms with Gasteiger partial charge in [0.05, 0.1) is 12.2 Å². The van der Waals surface area contributed by atoms with Crippen LogP contribution in [0.3, 0.4) is 0 Å². The molecule has 0 amide bonds. The SMILES string of the molecule is CCCCCCCCOC1CCC(C#N)(NC2CC2)C1. The van der Waals surface area contributed by atoms with Crippen LogP contribution in [0.1, 0.15) is 77.6 Å². The highest BCUT2D eigenvalue weighted by atomic mass is 16.5. The maximum absolute atomic E-state index is 9.43. The van der Waals surface area contributed by atoms with Crippen molar-refractivity contribution in [3.8, 4) is 6.07 Å². The zero-order chi connectivity index (χ0) is 14.3. The molecule has 0 radical (unpaired) electrons. The minimum Gasteiger partial charge on any atom is -0.378 e. The molecule has 3 heteroatoms. The second kappa shape index (κ2) is 8.00. The summed E-state index contributed by atoms with van der Waals surface area (Å²) in [7, 11) is 0. The maximum atomic E-state index is 9.43. The average molecular weight is 278 g/mol. The van der Waals surface area contributed by atoms with Gasteiger partial charge in [-0.25, -0.2) is 0 Å². The first-order valence-electron chi connectivity index (χ1n) is 8.58. The average Bonchev–Trinajstić information content (AvgIpc) is 3.17. The molecule has 2 aliphatic carbocycles. The van der Waals surface area contributed by atoms with E-state index in [1.165, 1.54) is 51.4 Å². The van der Waals surface area contributed by atoms with Crippen LogP contribution in [0, 0.1) is 11.3 Å². The number of nitriles is 1. The highest BCUT2D eigenvalue weighted by Crippen LogP contribution is 2.35. The van der Waals surface area contributed by atoms with Crippen LogP contribution in [0.15, 0.2) is 0 Å². The van der Waals surface area contributed by atoms with Gasteiger partial charge in [0.25, 0.3) is 0 Å². The minimum absolute atomic E-state index is 0.285. The Morgan fingerprint density at radius 1 is 1.15 bits per heavy atom. The van der Waals surface area contributed by atoms with Crippen molar-refractivity contribution in [1.82, 2.24) is 5.32 Å². The number of hydrogen-bond acceptors (Lipinski definition) is 3. The topological polar surface area (TPSA) is 45.0 Å². The van der Waals surface area contributed by atoms with Crippen LogP contribution >= 0.6 is 0 Å². The quantitative estimate of drug-likeness (QED) is 0.616. The number of nitrogens with zero attached hydrogens (tertiary/aromatic N) is 1. The molecule has 0 aliphatic heterocycles. The summed E-state index contributed by atoms with van der Waals surface area (Å²) in [6.07, 6.45) is 13.5. The van der Waals surface area contributed by atoms with Crippen LogP contribution in [0.25, 0.3) is 0 Å². The first-order valence-corrected chi connectivity index (χ1v) is 8.58. The molecule has 0 aromatic carbocycles. The number of unbranched alkanes of at least 4 members (excludes halogenated alkanes) is 5. The summed E-state index contributed by atoms with van der Waals surface area (Å²) in [6.45, 7) is 3.13. The Bertz CT molecular complexity index is 321. The third-order valence-corrected chi connectivity index (χ3v) is 4.59. The molecule has 3 nitrogen and oxygen atoms in total. The van der Waals surface area contributed by atoms with Crippen molar-refractivity contribution in [3.63, 3.8) is 0 Å². The first-order chi connectivity index (χ1) is 9.78. The van der Waals surface area contributed by atoms with Gasteiger partial charge in [-0.3, -0.25) is 5.32 Å². The summed E-state index contributed by atoms with van der Waals surface area (Å²) < 4.78 is 5.98. The fourth-order valence-electron chi connectivity index (χ4n) is 3.16. The predicted molar refractivity (Wildman–Crippen MR) is 81.5 cm³/mol. The fraction of sp³-hybridized carbons (Fsp3) is 0.941.